The first kappa shape index (κ1) is 21.9. The van der Waals surface area contributed by atoms with Gasteiger partial charge in [-0.2, -0.15) is 0 Å². The molecule has 2 N–H and O–H groups in total. The van der Waals surface area contributed by atoms with Gasteiger partial charge in [0.25, 0.3) is 0 Å². The fourth-order valence-electron chi connectivity index (χ4n) is 4.84. The van der Waals surface area contributed by atoms with Crippen LogP contribution in [0.4, 0.5) is 4.79 Å². The number of carbonyl (C=O) groups is 3. The van der Waals surface area contributed by atoms with Crippen molar-refractivity contribution >= 4 is 18.0 Å². The number of carboxylic acids is 1. The third kappa shape index (κ3) is 4.33. The number of carboxylic acid groups (broad SMARTS) is 1. The highest BCUT2D eigenvalue weighted by atomic mass is 16.5. The number of carbonyl (C=O) groups excluding carboxylic acids is 2. The van der Waals surface area contributed by atoms with Gasteiger partial charge in [0, 0.05) is 31.5 Å². The Balaban J connectivity index is 1.22. The van der Waals surface area contributed by atoms with Crippen molar-refractivity contribution in [2.45, 2.75) is 38.1 Å². The van der Waals surface area contributed by atoms with Gasteiger partial charge in [0.05, 0.1) is 5.92 Å². The van der Waals surface area contributed by atoms with E-state index in [1.54, 1.807) is 11.8 Å². The smallest absolute Gasteiger partial charge is 0.407 e. The Labute approximate surface area is 187 Å². The maximum Gasteiger partial charge on any atom is 0.407 e. The summed E-state index contributed by atoms with van der Waals surface area (Å²) in [5.74, 6) is -1.42. The summed E-state index contributed by atoms with van der Waals surface area (Å²) < 4.78 is 5.49. The van der Waals surface area contributed by atoms with E-state index >= 15 is 0 Å². The number of likely N-dealkylation sites (tertiary alicyclic amines) is 1. The quantitative estimate of drug-likeness (QED) is 0.646. The monoisotopic (exact) mass is 436 g/mol. The predicted molar refractivity (Wildman–Crippen MR) is 119 cm³/mol. The molecule has 1 fully saturated rings. The molecule has 1 aliphatic heterocycles. The van der Waals surface area contributed by atoms with E-state index in [2.05, 4.69) is 29.6 Å². The molecule has 7 nitrogen and oxygen atoms in total. The molecule has 1 heterocycles. The highest BCUT2D eigenvalue weighted by Gasteiger charge is 2.37. The zero-order chi connectivity index (χ0) is 22.7. The van der Waals surface area contributed by atoms with E-state index in [1.165, 1.54) is 11.1 Å². The number of rotatable bonds is 7. The number of amides is 2. The van der Waals surface area contributed by atoms with Gasteiger partial charge in [-0.15, -0.1) is 0 Å². The van der Waals surface area contributed by atoms with Crippen molar-refractivity contribution in [1.82, 2.24) is 10.2 Å². The summed E-state index contributed by atoms with van der Waals surface area (Å²) in [5.41, 5.74) is 4.67. The van der Waals surface area contributed by atoms with Crippen LogP contribution < -0.4 is 5.32 Å². The van der Waals surface area contributed by atoms with Crippen molar-refractivity contribution in [2.75, 3.05) is 19.7 Å². The third-order valence-electron chi connectivity index (χ3n) is 6.57. The fraction of sp³-hybridized carbons (Fsp3) is 0.400. The Morgan fingerprint density at radius 3 is 2.28 bits per heavy atom. The Morgan fingerprint density at radius 2 is 1.69 bits per heavy atom. The molecule has 32 heavy (non-hydrogen) atoms. The largest absolute Gasteiger partial charge is 0.481 e. The molecule has 2 aliphatic rings. The molecule has 4 rings (SSSR count). The number of hydrogen-bond donors (Lipinski definition) is 2. The van der Waals surface area contributed by atoms with Crippen LogP contribution >= 0.6 is 0 Å². The second-order valence-electron chi connectivity index (χ2n) is 8.42. The minimum absolute atomic E-state index is 0.00793. The summed E-state index contributed by atoms with van der Waals surface area (Å²) >= 11 is 0. The van der Waals surface area contributed by atoms with E-state index in [0.29, 0.717) is 25.9 Å². The van der Waals surface area contributed by atoms with Gasteiger partial charge in [0.15, 0.2) is 0 Å². The fourth-order valence-corrected chi connectivity index (χ4v) is 4.84. The van der Waals surface area contributed by atoms with Gasteiger partial charge in [0.1, 0.15) is 6.61 Å². The Morgan fingerprint density at radius 1 is 1.06 bits per heavy atom. The van der Waals surface area contributed by atoms with Crippen molar-refractivity contribution in [3.8, 4) is 11.1 Å². The molecule has 1 aliphatic carbocycles. The van der Waals surface area contributed by atoms with Crippen molar-refractivity contribution in [3.05, 3.63) is 59.7 Å². The SMILES string of the molecule is CC1C(C(=O)O)CCN1C(=O)CCCNC(=O)OCC1c2ccccc2-c2ccccc21. The van der Waals surface area contributed by atoms with E-state index < -0.39 is 18.0 Å². The number of nitrogens with zero attached hydrogens (tertiary/aromatic N) is 1. The van der Waals surface area contributed by atoms with Crippen LogP contribution in [0.3, 0.4) is 0 Å². The molecule has 0 bridgehead atoms. The first-order valence-electron chi connectivity index (χ1n) is 11.1. The van der Waals surface area contributed by atoms with Crippen LogP contribution in [-0.2, 0) is 14.3 Å². The molecule has 7 heteroatoms. The molecule has 0 saturated carbocycles. The maximum atomic E-state index is 12.4. The molecule has 1 saturated heterocycles. The Hall–Kier alpha value is -3.35. The standard InChI is InChI=1S/C25H28N2O5/c1-16-17(24(29)30)12-14-27(16)23(28)11-6-13-26-25(31)32-15-22-20-9-4-2-7-18(20)19-8-3-5-10-21(19)22/h2-5,7-10,16-17,22H,6,11-15H2,1H3,(H,26,31)(H,29,30). The van der Waals surface area contributed by atoms with Gasteiger partial charge >= 0.3 is 12.1 Å². The van der Waals surface area contributed by atoms with Crippen molar-refractivity contribution in [1.29, 1.82) is 0 Å². The van der Waals surface area contributed by atoms with Crippen LogP contribution in [-0.4, -0.2) is 53.7 Å². The lowest BCUT2D eigenvalue weighted by Crippen LogP contribution is -2.38. The lowest BCUT2D eigenvalue weighted by atomic mass is 9.98. The molecule has 2 aromatic rings. The van der Waals surface area contributed by atoms with Gasteiger partial charge < -0.3 is 20.1 Å². The molecule has 2 atom stereocenters. The highest BCUT2D eigenvalue weighted by molar-refractivity contribution is 5.80. The number of nitrogens with one attached hydrogen (secondary N) is 1. The first-order valence-corrected chi connectivity index (χ1v) is 11.1. The van der Waals surface area contributed by atoms with Crippen LogP contribution in [0.25, 0.3) is 11.1 Å². The average molecular weight is 437 g/mol. The van der Waals surface area contributed by atoms with Crippen LogP contribution in [0.1, 0.15) is 43.2 Å². The number of hydrogen-bond acceptors (Lipinski definition) is 4. The average Bonchev–Trinajstić information content (AvgIpc) is 3.33. The molecule has 168 valence electrons. The summed E-state index contributed by atoms with van der Waals surface area (Å²) in [7, 11) is 0. The molecule has 0 aromatic heterocycles. The van der Waals surface area contributed by atoms with Crippen LogP contribution in [0, 0.1) is 5.92 Å². The minimum atomic E-state index is -0.857. The summed E-state index contributed by atoms with van der Waals surface area (Å²) in [4.78, 5) is 37.4. The van der Waals surface area contributed by atoms with E-state index in [4.69, 9.17) is 4.74 Å². The molecular weight excluding hydrogens is 408 g/mol. The van der Waals surface area contributed by atoms with Gasteiger partial charge in [0.2, 0.25) is 5.91 Å². The molecule has 0 radical (unpaired) electrons. The van der Waals surface area contributed by atoms with Gasteiger partial charge in [-0.1, -0.05) is 48.5 Å². The number of ether oxygens (including phenoxy) is 1. The van der Waals surface area contributed by atoms with Crippen molar-refractivity contribution in [2.24, 2.45) is 5.92 Å². The van der Waals surface area contributed by atoms with E-state index in [1.807, 2.05) is 24.3 Å². The molecule has 0 spiro atoms. The number of aliphatic carboxylic acids is 1. The lowest BCUT2D eigenvalue weighted by Gasteiger charge is -2.23. The van der Waals surface area contributed by atoms with E-state index in [-0.39, 0.29) is 30.9 Å². The number of fused-ring (bicyclic) bond motifs is 3. The van der Waals surface area contributed by atoms with Gasteiger partial charge in [-0.3, -0.25) is 9.59 Å². The zero-order valence-corrected chi connectivity index (χ0v) is 18.1. The summed E-state index contributed by atoms with van der Waals surface area (Å²) in [6.45, 7) is 2.82. The minimum Gasteiger partial charge on any atom is -0.481 e. The second kappa shape index (κ2) is 9.42. The van der Waals surface area contributed by atoms with Gasteiger partial charge in [-0.25, -0.2) is 4.79 Å². The third-order valence-corrected chi connectivity index (χ3v) is 6.57. The Kier molecular flexibility index (Phi) is 6.44. The molecule has 2 unspecified atom stereocenters. The summed E-state index contributed by atoms with van der Waals surface area (Å²) in [6, 6.07) is 16.0. The van der Waals surface area contributed by atoms with Crippen molar-refractivity contribution in [3.63, 3.8) is 0 Å². The Bertz CT molecular complexity index is 975. The normalized spacial score (nSPS) is 19.3. The molecular formula is C25H28N2O5. The summed E-state index contributed by atoms with van der Waals surface area (Å²) in [5, 5.41) is 11.9. The summed E-state index contributed by atoms with van der Waals surface area (Å²) in [6.07, 6.45) is 0.727. The molecule has 2 aromatic carbocycles. The second-order valence-corrected chi connectivity index (χ2v) is 8.42. The first-order chi connectivity index (χ1) is 15.5. The van der Waals surface area contributed by atoms with Gasteiger partial charge in [-0.05, 0) is 42.0 Å². The zero-order valence-electron chi connectivity index (χ0n) is 18.1. The lowest BCUT2D eigenvalue weighted by molar-refractivity contribution is -0.143. The topological polar surface area (TPSA) is 95.9 Å². The molecule has 2 amide bonds. The number of benzene rings is 2. The van der Waals surface area contributed by atoms with Crippen LogP contribution in [0.15, 0.2) is 48.5 Å². The predicted octanol–water partition coefficient (Wildman–Crippen LogP) is 3.63. The highest BCUT2D eigenvalue weighted by Crippen LogP contribution is 2.44. The van der Waals surface area contributed by atoms with E-state index in [0.717, 1.165) is 11.1 Å². The van der Waals surface area contributed by atoms with Crippen LogP contribution in [0.2, 0.25) is 0 Å². The maximum absolute atomic E-state index is 12.4. The van der Waals surface area contributed by atoms with Crippen molar-refractivity contribution < 1.29 is 24.2 Å². The number of alkyl carbamates (subject to hydrolysis) is 1. The van der Waals surface area contributed by atoms with Crippen LogP contribution in [0.5, 0.6) is 0 Å². The van der Waals surface area contributed by atoms with E-state index in [9.17, 15) is 19.5 Å².